The lowest BCUT2D eigenvalue weighted by Crippen LogP contribution is -2.62. The first-order valence-electron chi connectivity index (χ1n) is 13.7. The molecule has 0 saturated carbocycles. The maximum atomic E-state index is 16.1. The largest absolute Gasteiger partial charge is 0.492 e. The van der Waals surface area contributed by atoms with Crippen LogP contribution in [0.4, 0.5) is 17.6 Å². The Morgan fingerprint density at radius 3 is 2.58 bits per heavy atom. The normalized spacial score (nSPS) is 24.4. The van der Waals surface area contributed by atoms with Gasteiger partial charge in [-0.15, -0.1) is 0 Å². The molecular formula is C30H35F4N3O. The Labute approximate surface area is 220 Å². The number of alkyl halides is 2. The van der Waals surface area contributed by atoms with Crippen LogP contribution >= 0.6 is 0 Å². The molecule has 204 valence electrons. The highest BCUT2D eigenvalue weighted by Crippen LogP contribution is 2.53. The number of likely N-dealkylation sites (tertiary alicyclic amines) is 1. The van der Waals surface area contributed by atoms with Crippen LogP contribution in [0.5, 0.6) is 5.75 Å². The molecule has 0 aliphatic carbocycles. The summed E-state index contributed by atoms with van der Waals surface area (Å²) in [6, 6.07) is 10.4. The van der Waals surface area contributed by atoms with Crippen LogP contribution in [0, 0.1) is 17.6 Å². The van der Waals surface area contributed by atoms with E-state index >= 15 is 13.2 Å². The van der Waals surface area contributed by atoms with E-state index in [4.69, 9.17) is 4.74 Å². The van der Waals surface area contributed by atoms with E-state index in [1.165, 1.54) is 26.0 Å². The smallest absolute Gasteiger partial charge is 0.135 e. The number of aromatic nitrogens is 1. The van der Waals surface area contributed by atoms with Crippen molar-refractivity contribution in [1.82, 2.24) is 14.8 Å². The van der Waals surface area contributed by atoms with Crippen molar-refractivity contribution in [3.63, 3.8) is 0 Å². The zero-order valence-electron chi connectivity index (χ0n) is 22.0. The lowest BCUT2D eigenvalue weighted by Gasteiger charge is -2.56. The van der Waals surface area contributed by atoms with Gasteiger partial charge in [-0.1, -0.05) is 18.2 Å². The summed E-state index contributed by atoms with van der Waals surface area (Å²) in [4.78, 5) is 7.58. The number of benzene rings is 2. The molecule has 3 aliphatic rings. The molecule has 1 N–H and O–H groups in total. The minimum Gasteiger partial charge on any atom is -0.492 e. The maximum Gasteiger partial charge on any atom is 0.135 e. The zero-order valence-corrected chi connectivity index (χ0v) is 22.0. The number of aromatic amines is 1. The van der Waals surface area contributed by atoms with Gasteiger partial charge in [-0.25, -0.2) is 13.2 Å². The molecule has 0 amide bonds. The van der Waals surface area contributed by atoms with E-state index in [2.05, 4.69) is 9.88 Å². The minimum absolute atomic E-state index is 0.0233. The molecule has 2 fully saturated rings. The van der Waals surface area contributed by atoms with Crippen molar-refractivity contribution < 1.29 is 22.3 Å². The highest BCUT2D eigenvalue weighted by atomic mass is 19.1. The van der Waals surface area contributed by atoms with Gasteiger partial charge in [0, 0.05) is 66.9 Å². The first kappa shape index (κ1) is 25.7. The summed E-state index contributed by atoms with van der Waals surface area (Å²) in [6.07, 6.45) is 2.83. The number of hydrogen-bond donors (Lipinski definition) is 1. The second-order valence-electron chi connectivity index (χ2n) is 11.9. The molecule has 3 aromatic rings. The standard InChI is InChI=1S/C30H35F4N3O/c1-29(2,34)18-37-20-6-5-9-30(37,28-23(12-20)22-7-3-4-8-26(22)35-28)27-24(32)13-21(14-25(27)33)38-11-10-36-16-19(15-31)17-36/h3-4,7-8,13-14,19-20,35H,5-6,9-12,15-18H2,1-2H3/t20-,30-/m1/s1. The van der Waals surface area contributed by atoms with Gasteiger partial charge < -0.3 is 9.72 Å². The number of piperidine rings is 1. The van der Waals surface area contributed by atoms with Crippen molar-refractivity contribution in [3.8, 4) is 5.75 Å². The van der Waals surface area contributed by atoms with Crippen LogP contribution < -0.4 is 4.74 Å². The van der Waals surface area contributed by atoms with Crippen molar-refractivity contribution in [1.29, 1.82) is 0 Å². The number of halogens is 4. The number of H-pyrrole nitrogens is 1. The Hall–Kier alpha value is -2.58. The quantitative estimate of drug-likeness (QED) is 0.357. The maximum absolute atomic E-state index is 16.1. The predicted octanol–water partition coefficient (Wildman–Crippen LogP) is 6.13. The SMILES string of the molecule is CC(C)(F)CN1[C@@H]2CCC[C@@]1(c1c(F)cc(OCCN3CC(CF)C3)cc1F)c1[nH]c3ccccc3c1C2. The van der Waals surface area contributed by atoms with Crippen LogP contribution in [0.2, 0.25) is 0 Å². The Kier molecular flexibility index (Phi) is 6.46. The summed E-state index contributed by atoms with van der Waals surface area (Å²) in [6.45, 7) is 4.98. The van der Waals surface area contributed by atoms with Gasteiger partial charge in [0.2, 0.25) is 0 Å². The first-order valence-corrected chi connectivity index (χ1v) is 13.7. The lowest BCUT2D eigenvalue weighted by atomic mass is 9.69. The summed E-state index contributed by atoms with van der Waals surface area (Å²) in [7, 11) is 0. The average Bonchev–Trinajstić information content (AvgIpc) is 3.19. The molecular weight excluding hydrogens is 494 g/mol. The summed E-state index contributed by atoms with van der Waals surface area (Å²) >= 11 is 0. The van der Waals surface area contributed by atoms with E-state index in [1.807, 2.05) is 29.2 Å². The Morgan fingerprint density at radius 2 is 1.87 bits per heavy atom. The van der Waals surface area contributed by atoms with E-state index < -0.39 is 22.8 Å². The third-order valence-corrected chi connectivity index (χ3v) is 8.58. The van der Waals surface area contributed by atoms with E-state index in [9.17, 15) is 4.39 Å². The number of rotatable bonds is 8. The van der Waals surface area contributed by atoms with Crippen molar-refractivity contribution >= 4 is 10.9 Å². The predicted molar refractivity (Wildman–Crippen MR) is 140 cm³/mol. The minimum atomic E-state index is -1.54. The van der Waals surface area contributed by atoms with Gasteiger partial charge >= 0.3 is 0 Å². The van der Waals surface area contributed by atoms with E-state index in [-0.39, 0.29) is 43.1 Å². The molecule has 1 aromatic heterocycles. The van der Waals surface area contributed by atoms with Crippen LogP contribution in [-0.4, -0.2) is 66.0 Å². The molecule has 4 nitrogen and oxygen atoms in total. The summed E-state index contributed by atoms with van der Waals surface area (Å²) in [5.74, 6) is -1.17. The molecule has 2 atom stereocenters. The van der Waals surface area contributed by atoms with E-state index in [0.29, 0.717) is 32.5 Å². The van der Waals surface area contributed by atoms with Crippen molar-refractivity contribution in [2.24, 2.45) is 5.92 Å². The molecule has 2 aromatic carbocycles. The highest BCUT2D eigenvalue weighted by molar-refractivity contribution is 5.86. The van der Waals surface area contributed by atoms with Gasteiger partial charge in [0.25, 0.3) is 0 Å². The van der Waals surface area contributed by atoms with E-state index in [1.54, 1.807) is 0 Å². The van der Waals surface area contributed by atoms with Crippen molar-refractivity contribution in [2.45, 2.75) is 56.8 Å². The average molecular weight is 530 g/mol. The van der Waals surface area contributed by atoms with Crippen molar-refractivity contribution in [2.75, 3.05) is 39.5 Å². The van der Waals surface area contributed by atoms with Gasteiger partial charge in [-0.2, -0.15) is 0 Å². The molecule has 6 rings (SSSR count). The fourth-order valence-electron chi connectivity index (χ4n) is 7.03. The van der Waals surface area contributed by atoms with Crippen LogP contribution in [0.15, 0.2) is 36.4 Å². The van der Waals surface area contributed by atoms with E-state index in [0.717, 1.165) is 35.0 Å². The molecule has 38 heavy (non-hydrogen) atoms. The summed E-state index contributed by atoms with van der Waals surface area (Å²) < 4.78 is 65.8. The molecule has 8 heteroatoms. The van der Waals surface area contributed by atoms with Gasteiger partial charge in [-0.05, 0) is 51.2 Å². The van der Waals surface area contributed by atoms with Crippen LogP contribution in [0.3, 0.4) is 0 Å². The number of fused-ring (bicyclic) bond motifs is 6. The zero-order chi connectivity index (χ0) is 26.7. The van der Waals surface area contributed by atoms with Gasteiger partial charge in [-0.3, -0.25) is 14.2 Å². The third-order valence-electron chi connectivity index (χ3n) is 8.58. The fraction of sp³-hybridized carbons (Fsp3) is 0.533. The fourth-order valence-corrected chi connectivity index (χ4v) is 7.03. The molecule has 0 spiro atoms. The van der Waals surface area contributed by atoms with Crippen LogP contribution in [0.1, 0.15) is 49.9 Å². The van der Waals surface area contributed by atoms with Gasteiger partial charge in [0.15, 0.2) is 0 Å². The molecule has 0 unspecified atom stereocenters. The summed E-state index contributed by atoms with van der Waals surface area (Å²) in [5.41, 5.74) is 0.0257. The summed E-state index contributed by atoms with van der Waals surface area (Å²) in [5, 5.41) is 1.06. The molecule has 2 bridgehead atoms. The van der Waals surface area contributed by atoms with Gasteiger partial charge in [0.05, 0.1) is 17.8 Å². The highest BCUT2D eigenvalue weighted by Gasteiger charge is 2.55. The van der Waals surface area contributed by atoms with Gasteiger partial charge in [0.1, 0.15) is 29.7 Å². The first-order chi connectivity index (χ1) is 18.2. The number of hydrogen-bond acceptors (Lipinski definition) is 3. The number of nitrogens with zero attached hydrogens (tertiary/aromatic N) is 2. The second kappa shape index (κ2) is 9.56. The molecule has 0 radical (unpaired) electrons. The number of ether oxygens (including phenoxy) is 1. The Balaban J connectivity index is 1.40. The Morgan fingerprint density at radius 1 is 1.13 bits per heavy atom. The Bertz CT molecular complexity index is 1310. The molecule has 4 heterocycles. The topological polar surface area (TPSA) is 31.5 Å². The number of nitrogens with one attached hydrogen (secondary N) is 1. The number of para-hydroxylation sites is 1. The molecule has 2 saturated heterocycles. The monoisotopic (exact) mass is 529 g/mol. The molecule has 3 aliphatic heterocycles. The third kappa shape index (κ3) is 4.30. The van der Waals surface area contributed by atoms with Crippen LogP contribution in [0.25, 0.3) is 10.9 Å². The van der Waals surface area contributed by atoms with Crippen LogP contribution in [-0.2, 0) is 12.0 Å². The second-order valence-corrected chi connectivity index (χ2v) is 11.9. The lowest BCUT2D eigenvalue weighted by molar-refractivity contribution is -0.0313. The van der Waals surface area contributed by atoms with Crippen molar-refractivity contribution in [3.05, 3.63) is 64.9 Å².